The molecule has 132 valence electrons. The summed E-state index contributed by atoms with van der Waals surface area (Å²) in [5.74, 6) is 0.0351. The minimum atomic E-state index is -0.538. The number of hydrogen-bond acceptors (Lipinski definition) is 4. The molecule has 1 spiro atoms. The van der Waals surface area contributed by atoms with Gasteiger partial charge in [0.2, 0.25) is 5.91 Å². The molecule has 2 aliphatic heterocycles. The molecule has 2 amide bonds. The Bertz CT molecular complexity index is 669. The van der Waals surface area contributed by atoms with E-state index in [1.807, 2.05) is 18.7 Å². The highest BCUT2D eigenvalue weighted by Gasteiger charge is 2.47. The molecule has 3 heterocycles. The summed E-state index contributed by atoms with van der Waals surface area (Å²) in [6, 6.07) is 0. The van der Waals surface area contributed by atoms with E-state index in [1.54, 1.807) is 16.6 Å². The number of carbonyl (C=O) groups is 2. The Morgan fingerprint density at radius 1 is 1.33 bits per heavy atom. The van der Waals surface area contributed by atoms with Gasteiger partial charge in [-0.05, 0) is 38.7 Å². The molecule has 0 aliphatic carbocycles. The molecule has 24 heavy (non-hydrogen) atoms. The summed E-state index contributed by atoms with van der Waals surface area (Å²) in [6.45, 7) is 8.07. The van der Waals surface area contributed by atoms with Crippen LogP contribution in [0.3, 0.4) is 0 Å². The van der Waals surface area contributed by atoms with Gasteiger partial charge in [-0.2, -0.15) is 5.10 Å². The molecule has 2 aliphatic rings. The quantitative estimate of drug-likeness (QED) is 0.840. The van der Waals surface area contributed by atoms with Crippen LogP contribution in [0.4, 0.5) is 4.79 Å². The maximum Gasteiger partial charge on any atom is 0.410 e. The van der Waals surface area contributed by atoms with Crippen LogP contribution in [0.2, 0.25) is 0 Å². The van der Waals surface area contributed by atoms with Gasteiger partial charge in [-0.3, -0.25) is 9.48 Å². The highest BCUT2D eigenvalue weighted by molar-refractivity contribution is 5.77. The molecule has 0 aromatic carbocycles. The average molecular weight is 334 g/mol. The molecular formula is C17H26N4O3. The maximum atomic E-state index is 12.7. The van der Waals surface area contributed by atoms with E-state index >= 15 is 0 Å². The Kier molecular flexibility index (Phi) is 4.27. The summed E-state index contributed by atoms with van der Waals surface area (Å²) in [5.41, 5.74) is 2.72. The largest absolute Gasteiger partial charge is 0.439 e. The number of amides is 2. The van der Waals surface area contributed by atoms with Gasteiger partial charge >= 0.3 is 6.09 Å². The standard InChI is InChI=1S/C17H26N4O3/c1-5-14-12(2)18-21(13(14)3)9-15(22)20-8-6-7-17(11-20)10-19(4)16(23)24-17/h5-11H2,1-4H3. The monoisotopic (exact) mass is 334 g/mol. The first-order valence-corrected chi connectivity index (χ1v) is 8.60. The predicted molar refractivity (Wildman–Crippen MR) is 88.7 cm³/mol. The zero-order chi connectivity index (χ0) is 17.5. The van der Waals surface area contributed by atoms with Gasteiger partial charge in [0, 0.05) is 19.3 Å². The van der Waals surface area contributed by atoms with Gasteiger partial charge in [-0.1, -0.05) is 6.92 Å². The van der Waals surface area contributed by atoms with Gasteiger partial charge in [0.25, 0.3) is 0 Å². The number of carbonyl (C=O) groups excluding carboxylic acids is 2. The second kappa shape index (κ2) is 6.11. The second-order valence-corrected chi connectivity index (χ2v) is 6.99. The zero-order valence-corrected chi connectivity index (χ0v) is 15.0. The third kappa shape index (κ3) is 2.87. The van der Waals surface area contributed by atoms with Crippen LogP contribution in [0.1, 0.15) is 36.7 Å². The van der Waals surface area contributed by atoms with Crippen LogP contribution in [0.25, 0.3) is 0 Å². The van der Waals surface area contributed by atoms with Crippen molar-refractivity contribution in [1.29, 1.82) is 0 Å². The predicted octanol–water partition coefficient (Wildman–Crippen LogP) is 1.51. The number of nitrogens with zero attached hydrogens (tertiary/aromatic N) is 4. The summed E-state index contributed by atoms with van der Waals surface area (Å²) in [7, 11) is 1.74. The fraction of sp³-hybridized carbons (Fsp3) is 0.706. The number of aromatic nitrogens is 2. The fourth-order valence-electron chi connectivity index (χ4n) is 3.94. The Morgan fingerprint density at radius 3 is 2.67 bits per heavy atom. The molecule has 1 atom stereocenters. The minimum Gasteiger partial charge on any atom is -0.439 e. The first kappa shape index (κ1) is 16.8. The molecule has 7 nitrogen and oxygen atoms in total. The van der Waals surface area contributed by atoms with E-state index in [4.69, 9.17) is 4.74 Å². The molecular weight excluding hydrogens is 308 g/mol. The summed E-state index contributed by atoms with van der Waals surface area (Å²) >= 11 is 0. The molecule has 0 bridgehead atoms. The Morgan fingerprint density at radius 2 is 2.08 bits per heavy atom. The zero-order valence-electron chi connectivity index (χ0n) is 15.0. The van der Waals surface area contributed by atoms with Crippen molar-refractivity contribution >= 4 is 12.0 Å². The molecule has 0 saturated carbocycles. The van der Waals surface area contributed by atoms with Crippen LogP contribution in [0, 0.1) is 13.8 Å². The van der Waals surface area contributed by atoms with E-state index in [0.29, 0.717) is 19.6 Å². The number of likely N-dealkylation sites (N-methyl/N-ethyl adjacent to an activating group) is 1. The van der Waals surface area contributed by atoms with Crippen molar-refractivity contribution in [3.05, 3.63) is 17.0 Å². The van der Waals surface area contributed by atoms with Crippen LogP contribution < -0.4 is 0 Å². The van der Waals surface area contributed by atoms with Crippen molar-refractivity contribution in [2.75, 3.05) is 26.7 Å². The number of likely N-dealkylation sites (tertiary alicyclic amines) is 1. The van der Waals surface area contributed by atoms with Gasteiger partial charge in [0.1, 0.15) is 12.1 Å². The summed E-state index contributed by atoms with van der Waals surface area (Å²) in [5, 5.41) is 4.50. The number of aryl methyl sites for hydroxylation is 1. The number of piperidine rings is 1. The first-order valence-electron chi connectivity index (χ1n) is 8.60. The number of hydrogen-bond donors (Lipinski definition) is 0. The lowest BCUT2D eigenvalue weighted by atomic mass is 9.92. The lowest BCUT2D eigenvalue weighted by Crippen LogP contribution is -2.53. The van der Waals surface area contributed by atoms with Crippen molar-refractivity contribution in [3.63, 3.8) is 0 Å². The highest BCUT2D eigenvalue weighted by Crippen LogP contribution is 2.31. The average Bonchev–Trinajstić information content (AvgIpc) is 2.95. The van der Waals surface area contributed by atoms with E-state index in [1.165, 1.54) is 5.56 Å². The van der Waals surface area contributed by atoms with Crippen LogP contribution in [0.15, 0.2) is 0 Å². The van der Waals surface area contributed by atoms with Crippen LogP contribution >= 0.6 is 0 Å². The topological polar surface area (TPSA) is 67.7 Å². The van der Waals surface area contributed by atoms with Gasteiger partial charge in [-0.25, -0.2) is 4.79 Å². The smallest absolute Gasteiger partial charge is 0.410 e. The minimum absolute atomic E-state index is 0.0351. The van der Waals surface area contributed by atoms with Crippen LogP contribution in [-0.4, -0.2) is 63.9 Å². The third-order valence-electron chi connectivity index (χ3n) is 5.20. The molecule has 3 rings (SSSR count). The van der Waals surface area contributed by atoms with Gasteiger partial charge in [-0.15, -0.1) is 0 Å². The second-order valence-electron chi connectivity index (χ2n) is 6.99. The van der Waals surface area contributed by atoms with Crippen LogP contribution in [-0.2, 0) is 22.5 Å². The lowest BCUT2D eigenvalue weighted by molar-refractivity contribution is -0.137. The van der Waals surface area contributed by atoms with Crippen molar-refractivity contribution in [2.24, 2.45) is 0 Å². The molecule has 0 radical (unpaired) electrons. The number of rotatable bonds is 3. The summed E-state index contributed by atoms with van der Waals surface area (Å²) in [4.78, 5) is 27.9. The van der Waals surface area contributed by atoms with Crippen LogP contribution in [0.5, 0.6) is 0 Å². The summed E-state index contributed by atoms with van der Waals surface area (Å²) < 4.78 is 7.36. The fourth-order valence-corrected chi connectivity index (χ4v) is 3.94. The van der Waals surface area contributed by atoms with Crippen molar-refractivity contribution in [1.82, 2.24) is 19.6 Å². The molecule has 1 aromatic rings. The first-order chi connectivity index (χ1) is 11.3. The van der Waals surface area contributed by atoms with E-state index in [2.05, 4.69) is 12.0 Å². The van der Waals surface area contributed by atoms with Gasteiger partial charge < -0.3 is 14.5 Å². The van der Waals surface area contributed by atoms with Gasteiger partial charge in [0.15, 0.2) is 0 Å². The molecule has 7 heteroatoms. The molecule has 1 unspecified atom stereocenters. The van der Waals surface area contributed by atoms with E-state index in [-0.39, 0.29) is 18.5 Å². The Hall–Kier alpha value is -2.05. The normalized spacial score (nSPS) is 23.9. The molecule has 2 saturated heterocycles. The molecule has 2 fully saturated rings. The Labute approximate surface area is 142 Å². The van der Waals surface area contributed by atoms with E-state index in [9.17, 15) is 9.59 Å². The van der Waals surface area contributed by atoms with E-state index in [0.717, 1.165) is 30.7 Å². The van der Waals surface area contributed by atoms with Crippen molar-refractivity contribution in [2.45, 2.75) is 52.2 Å². The highest BCUT2D eigenvalue weighted by atomic mass is 16.6. The summed E-state index contributed by atoms with van der Waals surface area (Å²) in [6.07, 6.45) is 2.29. The van der Waals surface area contributed by atoms with Crippen molar-refractivity contribution in [3.8, 4) is 0 Å². The van der Waals surface area contributed by atoms with Crippen molar-refractivity contribution < 1.29 is 14.3 Å². The van der Waals surface area contributed by atoms with E-state index < -0.39 is 5.60 Å². The number of ether oxygens (including phenoxy) is 1. The Balaban J connectivity index is 1.70. The lowest BCUT2D eigenvalue weighted by Gasteiger charge is -2.38. The third-order valence-corrected chi connectivity index (χ3v) is 5.20. The molecule has 1 aromatic heterocycles. The molecule has 0 N–H and O–H groups in total. The SMILES string of the molecule is CCc1c(C)nn(CC(=O)N2CCCC3(CN(C)C(=O)O3)C2)c1C. The van der Waals surface area contributed by atoms with Gasteiger partial charge in [0.05, 0.1) is 18.8 Å². The maximum absolute atomic E-state index is 12.7.